The van der Waals surface area contributed by atoms with Gasteiger partial charge in [0.15, 0.2) is 11.5 Å². The minimum atomic E-state index is -0.200. The lowest BCUT2D eigenvalue weighted by molar-refractivity contribution is -0.136. The molecule has 6 nitrogen and oxygen atoms in total. The Morgan fingerprint density at radius 3 is 3.00 bits per heavy atom. The van der Waals surface area contributed by atoms with E-state index in [1.807, 2.05) is 61.0 Å². The molecule has 2 aromatic heterocycles. The van der Waals surface area contributed by atoms with Crippen molar-refractivity contribution >= 4 is 11.6 Å². The van der Waals surface area contributed by atoms with Gasteiger partial charge in [-0.2, -0.15) is 0 Å². The fraction of sp³-hybridized carbons (Fsp3) is 0.333. The smallest absolute Gasteiger partial charge is 0.229 e. The van der Waals surface area contributed by atoms with Crippen LogP contribution in [0, 0.1) is 12.8 Å². The Balaban J connectivity index is 1.52. The predicted molar refractivity (Wildman–Crippen MR) is 102 cm³/mol. The van der Waals surface area contributed by atoms with E-state index < -0.39 is 0 Å². The summed E-state index contributed by atoms with van der Waals surface area (Å²) in [6.07, 6.45) is 2.64. The van der Waals surface area contributed by atoms with Crippen LogP contribution in [-0.2, 0) is 17.8 Å². The van der Waals surface area contributed by atoms with Crippen LogP contribution in [0.5, 0.6) is 11.5 Å². The van der Waals surface area contributed by atoms with E-state index in [-0.39, 0.29) is 11.8 Å². The van der Waals surface area contributed by atoms with Gasteiger partial charge < -0.3 is 18.8 Å². The number of carbonyl (C=O) groups excluding carboxylic acids is 1. The van der Waals surface area contributed by atoms with Gasteiger partial charge in [-0.3, -0.25) is 4.79 Å². The molecule has 0 saturated carbocycles. The number of amides is 1. The highest BCUT2D eigenvalue weighted by Crippen LogP contribution is 2.36. The second-order valence-corrected chi connectivity index (χ2v) is 6.93. The largest absolute Gasteiger partial charge is 0.493 e. The van der Waals surface area contributed by atoms with Crippen LogP contribution in [0.25, 0.3) is 5.65 Å². The monoisotopic (exact) mass is 365 g/mol. The lowest BCUT2D eigenvalue weighted by Crippen LogP contribution is -2.38. The fourth-order valence-electron chi connectivity index (χ4n) is 3.68. The molecule has 1 aromatic carbocycles. The summed E-state index contributed by atoms with van der Waals surface area (Å²) in [5, 5.41) is 0. The van der Waals surface area contributed by atoms with E-state index in [0.29, 0.717) is 25.3 Å². The van der Waals surface area contributed by atoms with Crippen molar-refractivity contribution < 1.29 is 14.3 Å². The SMILES string of the molecule is COc1cccc2c1OC[C@H](C(=O)N(C)Cc1c(C)nc3ccccn13)C2. The molecule has 1 atom stereocenters. The van der Waals surface area contributed by atoms with Crippen molar-refractivity contribution in [3.05, 3.63) is 59.5 Å². The summed E-state index contributed by atoms with van der Waals surface area (Å²) < 4.78 is 13.3. The number of hydrogen-bond acceptors (Lipinski definition) is 4. The molecule has 1 aliphatic heterocycles. The lowest BCUT2D eigenvalue weighted by Gasteiger charge is -2.29. The highest BCUT2D eigenvalue weighted by Gasteiger charge is 2.30. The van der Waals surface area contributed by atoms with Crippen molar-refractivity contribution in [2.45, 2.75) is 19.9 Å². The van der Waals surface area contributed by atoms with E-state index in [4.69, 9.17) is 9.47 Å². The van der Waals surface area contributed by atoms with E-state index in [0.717, 1.165) is 28.3 Å². The Hall–Kier alpha value is -3.02. The first-order valence-electron chi connectivity index (χ1n) is 9.04. The zero-order valence-electron chi connectivity index (χ0n) is 15.8. The fourth-order valence-corrected chi connectivity index (χ4v) is 3.68. The molecule has 0 N–H and O–H groups in total. The van der Waals surface area contributed by atoms with Crippen molar-refractivity contribution in [3.63, 3.8) is 0 Å². The highest BCUT2D eigenvalue weighted by molar-refractivity contribution is 5.79. The van der Waals surface area contributed by atoms with Gasteiger partial charge in [-0.25, -0.2) is 4.98 Å². The zero-order chi connectivity index (χ0) is 19.0. The maximum absolute atomic E-state index is 13.0. The molecule has 4 rings (SSSR count). The van der Waals surface area contributed by atoms with Gasteiger partial charge in [0.1, 0.15) is 12.3 Å². The molecule has 27 heavy (non-hydrogen) atoms. The average Bonchev–Trinajstić information content (AvgIpc) is 3.01. The van der Waals surface area contributed by atoms with Crippen LogP contribution in [0.15, 0.2) is 42.6 Å². The number of benzene rings is 1. The molecule has 140 valence electrons. The Bertz CT molecular complexity index is 996. The van der Waals surface area contributed by atoms with Crippen molar-refractivity contribution in [2.24, 2.45) is 5.92 Å². The topological polar surface area (TPSA) is 56.1 Å². The summed E-state index contributed by atoms with van der Waals surface area (Å²) in [7, 11) is 3.47. The Labute approximate surface area is 158 Å². The first-order valence-corrected chi connectivity index (χ1v) is 9.04. The molecule has 0 unspecified atom stereocenters. The van der Waals surface area contributed by atoms with Crippen LogP contribution in [-0.4, -0.2) is 41.0 Å². The third-order valence-electron chi connectivity index (χ3n) is 5.12. The molecule has 3 heterocycles. The Morgan fingerprint density at radius 2 is 2.19 bits per heavy atom. The number of imidazole rings is 1. The van der Waals surface area contributed by atoms with E-state index in [2.05, 4.69) is 4.98 Å². The van der Waals surface area contributed by atoms with Crippen molar-refractivity contribution in [1.82, 2.24) is 14.3 Å². The van der Waals surface area contributed by atoms with E-state index in [9.17, 15) is 4.79 Å². The molecule has 0 radical (unpaired) electrons. The Kier molecular flexibility index (Phi) is 4.48. The van der Waals surface area contributed by atoms with Crippen LogP contribution < -0.4 is 9.47 Å². The number of aromatic nitrogens is 2. The van der Waals surface area contributed by atoms with Gasteiger partial charge in [-0.15, -0.1) is 0 Å². The van der Waals surface area contributed by atoms with Gasteiger partial charge in [0.25, 0.3) is 0 Å². The zero-order valence-corrected chi connectivity index (χ0v) is 15.8. The molecule has 1 amide bonds. The molecular weight excluding hydrogens is 342 g/mol. The second kappa shape index (κ2) is 6.95. The van der Waals surface area contributed by atoms with Crippen molar-refractivity contribution in [2.75, 3.05) is 20.8 Å². The average molecular weight is 365 g/mol. The summed E-state index contributed by atoms with van der Waals surface area (Å²) in [6, 6.07) is 11.7. The lowest BCUT2D eigenvalue weighted by atomic mass is 9.95. The maximum atomic E-state index is 13.0. The van der Waals surface area contributed by atoms with Crippen LogP contribution in [0.3, 0.4) is 0 Å². The summed E-state index contributed by atoms with van der Waals surface area (Å²) in [6.45, 7) is 2.85. The number of pyridine rings is 1. The maximum Gasteiger partial charge on any atom is 0.229 e. The van der Waals surface area contributed by atoms with Gasteiger partial charge in [-0.05, 0) is 37.1 Å². The van der Waals surface area contributed by atoms with Gasteiger partial charge in [0, 0.05) is 13.2 Å². The van der Waals surface area contributed by atoms with Crippen LogP contribution >= 0.6 is 0 Å². The number of hydrogen-bond donors (Lipinski definition) is 0. The molecule has 3 aromatic rings. The highest BCUT2D eigenvalue weighted by atomic mass is 16.5. The van der Waals surface area contributed by atoms with Gasteiger partial charge in [0.05, 0.1) is 31.0 Å². The minimum absolute atomic E-state index is 0.0775. The molecule has 6 heteroatoms. The van der Waals surface area contributed by atoms with Crippen LogP contribution in [0.1, 0.15) is 17.0 Å². The van der Waals surface area contributed by atoms with Gasteiger partial charge >= 0.3 is 0 Å². The number of methoxy groups -OCH3 is 1. The Morgan fingerprint density at radius 1 is 1.33 bits per heavy atom. The molecular formula is C21H23N3O3. The van der Waals surface area contributed by atoms with Crippen LogP contribution in [0.2, 0.25) is 0 Å². The number of para-hydroxylation sites is 1. The minimum Gasteiger partial charge on any atom is -0.493 e. The van der Waals surface area contributed by atoms with E-state index in [1.54, 1.807) is 12.0 Å². The molecule has 0 fully saturated rings. The van der Waals surface area contributed by atoms with Crippen molar-refractivity contribution in [3.8, 4) is 11.5 Å². The molecule has 0 aliphatic carbocycles. The standard InChI is InChI=1S/C21H23N3O3/c1-14-17(24-10-5-4-9-19(24)22-14)12-23(2)21(25)16-11-15-7-6-8-18(26-3)20(15)27-13-16/h4-10,16H,11-13H2,1-3H3/t16-/m1/s1. The van der Waals surface area contributed by atoms with Crippen LogP contribution in [0.4, 0.5) is 0 Å². The third kappa shape index (κ3) is 3.12. The first-order chi connectivity index (χ1) is 13.1. The molecule has 1 aliphatic rings. The van der Waals surface area contributed by atoms with E-state index in [1.165, 1.54) is 0 Å². The second-order valence-electron chi connectivity index (χ2n) is 6.93. The number of aryl methyl sites for hydroxylation is 1. The van der Waals surface area contributed by atoms with Gasteiger partial charge in [-0.1, -0.05) is 18.2 Å². The van der Waals surface area contributed by atoms with Crippen molar-refractivity contribution in [1.29, 1.82) is 0 Å². The predicted octanol–water partition coefficient (Wildman–Crippen LogP) is 2.86. The van der Waals surface area contributed by atoms with E-state index >= 15 is 0 Å². The number of nitrogens with zero attached hydrogens (tertiary/aromatic N) is 3. The quantitative estimate of drug-likeness (QED) is 0.713. The van der Waals surface area contributed by atoms with Gasteiger partial charge in [0.2, 0.25) is 5.91 Å². The molecule has 0 saturated heterocycles. The molecule has 0 spiro atoms. The summed E-state index contributed by atoms with van der Waals surface area (Å²) in [5.41, 5.74) is 3.88. The summed E-state index contributed by atoms with van der Waals surface area (Å²) >= 11 is 0. The normalized spacial score (nSPS) is 15.9. The number of fused-ring (bicyclic) bond motifs is 2. The number of rotatable bonds is 4. The summed E-state index contributed by atoms with van der Waals surface area (Å²) in [5.74, 6) is 1.35. The first kappa shape index (κ1) is 17.4. The summed E-state index contributed by atoms with van der Waals surface area (Å²) in [4.78, 5) is 19.4. The number of ether oxygens (including phenoxy) is 2. The number of carbonyl (C=O) groups is 1. The molecule has 0 bridgehead atoms. The third-order valence-corrected chi connectivity index (χ3v) is 5.12.